The first-order valence-corrected chi connectivity index (χ1v) is 4.28. The van der Waals surface area contributed by atoms with E-state index >= 15 is 0 Å². The van der Waals surface area contributed by atoms with E-state index in [1.54, 1.807) is 0 Å². The second kappa shape index (κ2) is 6.87. The Labute approximate surface area is 94.0 Å². The molecule has 0 saturated carbocycles. The van der Waals surface area contributed by atoms with Gasteiger partial charge in [-0.05, 0) is 38.5 Å². The zero-order chi connectivity index (χ0) is 12.6. The van der Waals surface area contributed by atoms with E-state index in [-0.39, 0.29) is 0 Å². The molecule has 0 N–H and O–H groups in total. The molecule has 80 valence electrons. The number of carbonyl (C=O) groups is 3. The largest absolute Gasteiger partial charge is 0.313 e. The lowest BCUT2D eigenvalue weighted by Crippen LogP contribution is -2.39. The predicted octanol–water partition coefficient (Wildman–Crippen LogP) is -0.0619. The van der Waals surface area contributed by atoms with Crippen molar-refractivity contribution in [2.24, 2.45) is 0 Å². The quantitative estimate of drug-likeness (QED) is 0.532. The lowest BCUT2D eigenvalue weighted by atomic mass is 10.4. The Balaban J connectivity index is 5.29. The normalized spacial score (nSPS) is 6.94. The van der Waals surface area contributed by atoms with Crippen molar-refractivity contribution < 1.29 is 14.4 Å². The molecule has 0 rings (SSSR count). The maximum atomic E-state index is 11.4. The van der Waals surface area contributed by atoms with Gasteiger partial charge >= 0.3 is 17.7 Å². The number of carbonyl (C=O) groups excluding carboxylic acids is 3. The van der Waals surface area contributed by atoms with E-state index in [1.807, 2.05) is 0 Å². The maximum absolute atomic E-state index is 11.4. The van der Waals surface area contributed by atoms with Crippen molar-refractivity contribution in [2.75, 3.05) is 0 Å². The molecule has 0 bridgehead atoms. The Hall–Kier alpha value is -2.51. The average molecular weight is 215 g/mol. The molecule has 0 aliphatic carbocycles. The summed E-state index contributed by atoms with van der Waals surface area (Å²) in [7, 11) is 0. The molecular weight excluding hydrogens is 206 g/mol. The van der Waals surface area contributed by atoms with Gasteiger partial charge in [0.2, 0.25) is 0 Å². The fraction of sp³-hybridized carbons (Fsp3) is 0.250. The molecule has 0 aliphatic heterocycles. The number of nitrogens with zero attached hydrogens (tertiary/aromatic N) is 1. The number of hydrogen-bond donors (Lipinski definition) is 0. The molecule has 3 amide bonds. The van der Waals surface area contributed by atoms with E-state index in [9.17, 15) is 14.4 Å². The first-order valence-electron chi connectivity index (χ1n) is 4.28. The van der Waals surface area contributed by atoms with Gasteiger partial charge in [0.15, 0.2) is 0 Å². The molecule has 0 fully saturated rings. The fourth-order valence-corrected chi connectivity index (χ4v) is 0.765. The van der Waals surface area contributed by atoms with Crippen molar-refractivity contribution in [3.8, 4) is 35.5 Å². The van der Waals surface area contributed by atoms with Crippen LogP contribution in [-0.2, 0) is 14.4 Å². The molecule has 0 spiro atoms. The van der Waals surface area contributed by atoms with Gasteiger partial charge in [0.05, 0.1) is 0 Å². The Morgan fingerprint density at radius 2 is 0.938 bits per heavy atom. The first kappa shape index (κ1) is 13.5. The van der Waals surface area contributed by atoms with Gasteiger partial charge in [-0.1, -0.05) is 17.8 Å². The predicted molar refractivity (Wildman–Crippen MR) is 57.2 cm³/mol. The molecule has 0 radical (unpaired) electrons. The van der Waals surface area contributed by atoms with Gasteiger partial charge in [-0.3, -0.25) is 14.4 Å². The van der Waals surface area contributed by atoms with Crippen molar-refractivity contribution in [1.29, 1.82) is 0 Å². The summed E-state index contributed by atoms with van der Waals surface area (Å²) in [6.07, 6.45) is 0. The first-order chi connectivity index (χ1) is 7.58. The Morgan fingerprint density at radius 3 is 1.12 bits per heavy atom. The summed E-state index contributed by atoms with van der Waals surface area (Å²) in [5.74, 6) is 10.4. The molecule has 0 aromatic carbocycles. The molecule has 0 aliphatic rings. The molecule has 4 heteroatoms. The number of hydrogen-bond acceptors (Lipinski definition) is 3. The third-order valence-corrected chi connectivity index (χ3v) is 1.31. The van der Waals surface area contributed by atoms with Gasteiger partial charge in [0, 0.05) is 0 Å². The topological polar surface area (TPSA) is 54.5 Å². The van der Waals surface area contributed by atoms with Gasteiger partial charge in [-0.2, -0.15) is 4.90 Å². The van der Waals surface area contributed by atoms with Gasteiger partial charge in [-0.15, -0.1) is 0 Å². The molecule has 0 aromatic heterocycles. The SMILES string of the molecule is CC#CC(=O)N(C(=O)C#CC)C(=O)C#CC. The van der Waals surface area contributed by atoms with Crippen molar-refractivity contribution >= 4 is 17.7 Å². The molecular formula is C12H9NO3. The van der Waals surface area contributed by atoms with Crippen LogP contribution >= 0.6 is 0 Å². The zero-order valence-corrected chi connectivity index (χ0v) is 9.17. The van der Waals surface area contributed by atoms with Gasteiger partial charge in [-0.25, -0.2) is 0 Å². The minimum atomic E-state index is -0.928. The summed E-state index contributed by atoms with van der Waals surface area (Å²) in [4.78, 5) is 34.4. The van der Waals surface area contributed by atoms with Crippen LogP contribution in [-0.4, -0.2) is 22.6 Å². The highest BCUT2D eigenvalue weighted by atomic mass is 16.2. The molecule has 16 heavy (non-hydrogen) atoms. The van der Waals surface area contributed by atoms with Crippen LogP contribution < -0.4 is 0 Å². The summed E-state index contributed by atoms with van der Waals surface area (Å²) >= 11 is 0. The van der Waals surface area contributed by atoms with E-state index in [0.717, 1.165) is 0 Å². The van der Waals surface area contributed by atoms with Crippen LogP contribution in [0.4, 0.5) is 0 Å². The van der Waals surface area contributed by atoms with Crippen LogP contribution in [0.15, 0.2) is 0 Å². The van der Waals surface area contributed by atoms with Crippen LogP contribution in [0.1, 0.15) is 20.8 Å². The zero-order valence-electron chi connectivity index (χ0n) is 9.17. The third kappa shape index (κ3) is 3.70. The summed E-state index contributed by atoms with van der Waals surface area (Å²) in [5.41, 5.74) is 0. The van der Waals surface area contributed by atoms with Crippen LogP contribution in [0.2, 0.25) is 0 Å². The Bertz CT molecular complexity index is 422. The van der Waals surface area contributed by atoms with Crippen molar-refractivity contribution in [3.05, 3.63) is 0 Å². The second-order valence-electron chi connectivity index (χ2n) is 2.38. The van der Waals surface area contributed by atoms with E-state index in [0.29, 0.717) is 4.90 Å². The second-order valence-corrected chi connectivity index (χ2v) is 2.38. The molecule has 0 heterocycles. The summed E-state index contributed by atoms with van der Waals surface area (Å²) in [6.45, 7) is 4.26. The molecule has 0 saturated heterocycles. The highest BCUT2D eigenvalue weighted by Gasteiger charge is 2.24. The van der Waals surface area contributed by atoms with E-state index < -0.39 is 17.7 Å². The number of imide groups is 3. The molecule has 0 unspecified atom stereocenters. The lowest BCUT2D eigenvalue weighted by molar-refractivity contribution is -0.145. The Morgan fingerprint density at radius 1 is 0.688 bits per heavy atom. The summed E-state index contributed by atoms with van der Waals surface area (Å²) in [6, 6.07) is 0. The van der Waals surface area contributed by atoms with E-state index in [2.05, 4.69) is 35.5 Å². The minimum Gasteiger partial charge on any atom is -0.258 e. The maximum Gasteiger partial charge on any atom is 0.313 e. The number of rotatable bonds is 0. The van der Waals surface area contributed by atoms with Gasteiger partial charge in [0.25, 0.3) is 0 Å². The van der Waals surface area contributed by atoms with Gasteiger partial charge in [0.1, 0.15) is 0 Å². The van der Waals surface area contributed by atoms with Crippen molar-refractivity contribution in [1.82, 2.24) is 4.90 Å². The third-order valence-electron chi connectivity index (χ3n) is 1.31. The molecule has 4 nitrogen and oxygen atoms in total. The van der Waals surface area contributed by atoms with Crippen molar-refractivity contribution in [2.45, 2.75) is 20.8 Å². The summed E-state index contributed by atoms with van der Waals surface area (Å²) < 4.78 is 0. The molecule has 0 atom stereocenters. The summed E-state index contributed by atoms with van der Waals surface area (Å²) in [5, 5.41) is 0. The highest BCUT2D eigenvalue weighted by Crippen LogP contribution is 1.92. The van der Waals surface area contributed by atoms with Crippen LogP contribution in [0.5, 0.6) is 0 Å². The van der Waals surface area contributed by atoms with Crippen LogP contribution in [0.3, 0.4) is 0 Å². The average Bonchev–Trinajstić information content (AvgIpc) is 2.19. The van der Waals surface area contributed by atoms with Gasteiger partial charge < -0.3 is 0 Å². The number of amides is 3. The molecule has 0 aromatic rings. The van der Waals surface area contributed by atoms with Crippen molar-refractivity contribution in [3.63, 3.8) is 0 Å². The van der Waals surface area contributed by atoms with E-state index in [1.165, 1.54) is 20.8 Å². The fourth-order valence-electron chi connectivity index (χ4n) is 0.765. The van der Waals surface area contributed by atoms with E-state index in [4.69, 9.17) is 0 Å². The monoisotopic (exact) mass is 215 g/mol. The van der Waals surface area contributed by atoms with Crippen LogP contribution in [0.25, 0.3) is 0 Å². The highest BCUT2D eigenvalue weighted by molar-refractivity contribution is 6.23. The minimum absolute atomic E-state index is 0.323. The standard InChI is InChI=1S/C12H9NO3/c1-4-7-10(14)13(11(15)8-5-2)12(16)9-6-3/h1-3H3. The smallest absolute Gasteiger partial charge is 0.258 e. The van der Waals surface area contributed by atoms with Crippen LogP contribution in [0, 0.1) is 35.5 Å². The lowest BCUT2D eigenvalue weighted by Gasteiger charge is -2.08. The Kier molecular flexibility index (Phi) is 5.79.